The Morgan fingerprint density at radius 3 is 2.30 bits per heavy atom. The zero-order chi connectivity index (χ0) is 21.4. The molecule has 30 heavy (non-hydrogen) atoms. The fourth-order valence-electron chi connectivity index (χ4n) is 2.61. The van der Waals surface area contributed by atoms with Crippen molar-refractivity contribution in [2.45, 2.75) is 11.3 Å². The van der Waals surface area contributed by atoms with E-state index in [9.17, 15) is 21.6 Å². The standard InChI is InChI=1S/C19H12F3N3O3S2/c20-19(21,22)28-14-7-9-15(10-8-14)30(26,27)25-13-5-3-12(4-6-13)17-24-16-2-1-11-23-18(16)29-17/h1-11,25H. The molecule has 0 radical (unpaired) electrons. The number of sulfonamides is 1. The van der Waals surface area contributed by atoms with Crippen molar-refractivity contribution in [2.24, 2.45) is 0 Å². The minimum Gasteiger partial charge on any atom is -0.406 e. The van der Waals surface area contributed by atoms with Crippen LogP contribution in [-0.2, 0) is 10.0 Å². The van der Waals surface area contributed by atoms with E-state index in [1.165, 1.54) is 11.3 Å². The summed E-state index contributed by atoms with van der Waals surface area (Å²) in [6.45, 7) is 0. The van der Waals surface area contributed by atoms with Crippen molar-refractivity contribution in [3.8, 4) is 16.3 Å². The number of nitrogens with one attached hydrogen (secondary N) is 1. The molecular weight excluding hydrogens is 439 g/mol. The minimum atomic E-state index is -4.85. The summed E-state index contributed by atoms with van der Waals surface area (Å²) in [4.78, 5) is 9.34. The van der Waals surface area contributed by atoms with Gasteiger partial charge in [0.25, 0.3) is 10.0 Å². The molecule has 2 aromatic carbocycles. The van der Waals surface area contributed by atoms with Gasteiger partial charge in [0.15, 0.2) is 0 Å². The van der Waals surface area contributed by atoms with E-state index in [0.717, 1.165) is 45.2 Å². The van der Waals surface area contributed by atoms with Gasteiger partial charge < -0.3 is 4.74 Å². The summed E-state index contributed by atoms with van der Waals surface area (Å²) < 4.78 is 67.7. The maximum absolute atomic E-state index is 12.5. The number of halogens is 3. The van der Waals surface area contributed by atoms with E-state index >= 15 is 0 Å². The SMILES string of the molecule is O=S(=O)(Nc1ccc(-c2nc3cccnc3s2)cc1)c1ccc(OC(F)(F)F)cc1. The van der Waals surface area contributed by atoms with Crippen LogP contribution >= 0.6 is 11.3 Å². The maximum Gasteiger partial charge on any atom is 0.573 e. The number of ether oxygens (including phenoxy) is 1. The Hall–Kier alpha value is -3.18. The lowest BCUT2D eigenvalue weighted by Gasteiger charge is -2.11. The molecule has 0 saturated carbocycles. The van der Waals surface area contributed by atoms with Crippen molar-refractivity contribution in [1.82, 2.24) is 9.97 Å². The summed E-state index contributed by atoms with van der Waals surface area (Å²) in [5, 5.41) is 0.748. The third kappa shape index (κ3) is 4.52. The second-order valence-corrected chi connectivity index (χ2v) is 8.71. The van der Waals surface area contributed by atoms with Gasteiger partial charge in [-0.05, 0) is 60.7 Å². The quantitative estimate of drug-likeness (QED) is 0.459. The molecule has 0 aliphatic carbocycles. The van der Waals surface area contributed by atoms with Gasteiger partial charge in [0.1, 0.15) is 21.1 Å². The molecule has 0 bridgehead atoms. The second-order valence-electron chi connectivity index (χ2n) is 6.05. The first-order valence-electron chi connectivity index (χ1n) is 8.40. The van der Waals surface area contributed by atoms with Crippen molar-refractivity contribution >= 4 is 37.4 Å². The summed E-state index contributed by atoms with van der Waals surface area (Å²) in [7, 11) is -3.98. The predicted molar refractivity (Wildman–Crippen MR) is 107 cm³/mol. The van der Waals surface area contributed by atoms with E-state index in [4.69, 9.17) is 0 Å². The third-order valence-electron chi connectivity index (χ3n) is 3.92. The zero-order valence-corrected chi connectivity index (χ0v) is 16.6. The Morgan fingerprint density at radius 2 is 1.67 bits per heavy atom. The van der Waals surface area contributed by atoms with Crippen LogP contribution in [0, 0.1) is 0 Å². The van der Waals surface area contributed by atoms with Gasteiger partial charge in [0.2, 0.25) is 0 Å². The van der Waals surface area contributed by atoms with Crippen molar-refractivity contribution < 1.29 is 26.3 Å². The summed E-state index contributed by atoms with van der Waals surface area (Å²) in [6, 6.07) is 14.2. The van der Waals surface area contributed by atoms with Crippen LogP contribution < -0.4 is 9.46 Å². The molecule has 2 aromatic heterocycles. The number of rotatable bonds is 5. The van der Waals surface area contributed by atoms with Crippen molar-refractivity contribution in [3.05, 3.63) is 66.9 Å². The minimum absolute atomic E-state index is 0.196. The van der Waals surface area contributed by atoms with Crippen LogP contribution in [0.3, 0.4) is 0 Å². The molecule has 0 atom stereocenters. The Bertz CT molecular complexity index is 1250. The molecule has 4 aromatic rings. The highest BCUT2D eigenvalue weighted by Crippen LogP contribution is 2.30. The molecule has 154 valence electrons. The van der Waals surface area contributed by atoms with E-state index in [2.05, 4.69) is 19.4 Å². The average Bonchev–Trinajstić information content (AvgIpc) is 3.12. The summed E-state index contributed by atoms with van der Waals surface area (Å²) in [5.74, 6) is -0.504. The molecule has 11 heteroatoms. The first-order chi connectivity index (χ1) is 14.2. The molecule has 0 fully saturated rings. The van der Waals surface area contributed by atoms with E-state index in [1.54, 1.807) is 36.5 Å². The number of hydrogen-bond donors (Lipinski definition) is 1. The largest absolute Gasteiger partial charge is 0.573 e. The van der Waals surface area contributed by atoms with Gasteiger partial charge >= 0.3 is 6.36 Å². The molecule has 1 N–H and O–H groups in total. The lowest BCUT2D eigenvalue weighted by Crippen LogP contribution is -2.17. The molecular formula is C19H12F3N3O3S2. The Balaban J connectivity index is 1.50. The monoisotopic (exact) mass is 451 g/mol. The molecule has 0 spiro atoms. The fourth-order valence-corrected chi connectivity index (χ4v) is 4.58. The van der Waals surface area contributed by atoms with E-state index < -0.39 is 22.1 Å². The van der Waals surface area contributed by atoms with Gasteiger partial charge in [0.05, 0.1) is 4.90 Å². The van der Waals surface area contributed by atoms with Gasteiger partial charge in [-0.3, -0.25) is 4.72 Å². The van der Waals surface area contributed by atoms with Gasteiger partial charge in [0, 0.05) is 17.4 Å². The Morgan fingerprint density at radius 1 is 0.967 bits per heavy atom. The van der Waals surface area contributed by atoms with E-state index in [-0.39, 0.29) is 4.90 Å². The maximum atomic E-state index is 12.5. The molecule has 0 unspecified atom stereocenters. The highest BCUT2D eigenvalue weighted by molar-refractivity contribution is 7.92. The van der Waals surface area contributed by atoms with Crippen LogP contribution in [0.25, 0.3) is 20.9 Å². The van der Waals surface area contributed by atoms with Crippen molar-refractivity contribution in [2.75, 3.05) is 4.72 Å². The second kappa shape index (κ2) is 7.58. The van der Waals surface area contributed by atoms with E-state index in [1.807, 2.05) is 6.07 Å². The van der Waals surface area contributed by atoms with Crippen LogP contribution in [0.2, 0.25) is 0 Å². The molecule has 0 aliphatic rings. The predicted octanol–water partition coefficient (Wildman–Crippen LogP) is 5.06. The lowest BCUT2D eigenvalue weighted by molar-refractivity contribution is -0.274. The summed E-state index contributed by atoms with van der Waals surface area (Å²) in [5.41, 5.74) is 1.88. The number of thiazole rings is 1. The molecule has 6 nitrogen and oxygen atoms in total. The van der Waals surface area contributed by atoms with Crippen molar-refractivity contribution in [1.29, 1.82) is 0 Å². The fraction of sp³-hybridized carbons (Fsp3) is 0.0526. The first kappa shape index (κ1) is 20.1. The number of aromatic nitrogens is 2. The lowest BCUT2D eigenvalue weighted by atomic mass is 10.2. The molecule has 0 aliphatic heterocycles. The number of hydrogen-bond acceptors (Lipinski definition) is 6. The van der Waals surface area contributed by atoms with Crippen LogP contribution in [0.5, 0.6) is 5.75 Å². The first-order valence-corrected chi connectivity index (χ1v) is 10.7. The highest BCUT2D eigenvalue weighted by atomic mass is 32.2. The van der Waals surface area contributed by atoms with Crippen molar-refractivity contribution in [3.63, 3.8) is 0 Å². The molecule has 0 amide bonds. The summed E-state index contributed by atoms with van der Waals surface area (Å²) in [6.07, 6.45) is -3.16. The Labute approximate surface area is 173 Å². The van der Waals surface area contributed by atoms with Gasteiger partial charge in [-0.1, -0.05) is 11.3 Å². The zero-order valence-electron chi connectivity index (χ0n) is 14.9. The van der Waals surface area contributed by atoms with Crippen LogP contribution in [0.1, 0.15) is 0 Å². The number of fused-ring (bicyclic) bond motifs is 1. The number of anilines is 1. The smallest absolute Gasteiger partial charge is 0.406 e. The molecule has 0 saturated heterocycles. The Kier molecular flexibility index (Phi) is 5.08. The number of alkyl halides is 3. The highest BCUT2D eigenvalue weighted by Gasteiger charge is 2.31. The normalized spacial score (nSPS) is 12.1. The average molecular weight is 451 g/mol. The number of pyridine rings is 1. The van der Waals surface area contributed by atoms with E-state index in [0.29, 0.717) is 5.69 Å². The summed E-state index contributed by atoms with van der Waals surface area (Å²) >= 11 is 1.42. The van der Waals surface area contributed by atoms with Crippen LogP contribution in [-0.4, -0.2) is 24.7 Å². The molecule has 2 heterocycles. The van der Waals surface area contributed by atoms with Gasteiger partial charge in [-0.25, -0.2) is 18.4 Å². The number of nitrogens with zero attached hydrogens (tertiary/aromatic N) is 2. The van der Waals surface area contributed by atoms with Crippen LogP contribution in [0.15, 0.2) is 71.8 Å². The van der Waals surface area contributed by atoms with Gasteiger partial charge in [-0.15, -0.1) is 13.2 Å². The molecule has 4 rings (SSSR count). The third-order valence-corrected chi connectivity index (χ3v) is 6.34. The van der Waals surface area contributed by atoms with Crippen LogP contribution in [0.4, 0.5) is 18.9 Å². The topological polar surface area (TPSA) is 81.2 Å². The van der Waals surface area contributed by atoms with Gasteiger partial charge in [-0.2, -0.15) is 0 Å². The number of benzene rings is 2.